The average Bonchev–Trinajstić information content (AvgIpc) is 2.41. The third-order valence-corrected chi connectivity index (χ3v) is 3.80. The van der Waals surface area contributed by atoms with E-state index in [-0.39, 0.29) is 0 Å². The Hall–Kier alpha value is -0.540. The summed E-state index contributed by atoms with van der Waals surface area (Å²) in [7, 11) is 0. The van der Waals surface area contributed by atoms with Crippen LogP contribution in [0.2, 0.25) is 0 Å². The molecule has 1 aromatic rings. The van der Waals surface area contributed by atoms with E-state index < -0.39 is 0 Å². The molecule has 1 rings (SSSR count). The summed E-state index contributed by atoms with van der Waals surface area (Å²) in [6.07, 6.45) is 3.52. The van der Waals surface area contributed by atoms with E-state index in [1.807, 2.05) is 6.07 Å². The van der Waals surface area contributed by atoms with Gasteiger partial charge in [0.2, 0.25) is 0 Å². The lowest BCUT2D eigenvalue weighted by Gasteiger charge is -2.17. The number of nitrogens with one attached hydrogen (secondary N) is 1. The van der Waals surface area contributed by atoms with Crippen LogP contribution in [0.5, 0.6) is 5.75 Å². The summed E-state index contributed by atoms with van der Waals surface area (Å²) in [4.78, 5) is 0. The molecule has 0 aromatic heterocycles. The summed E-state index contributed by atoms with van der Waals surface area (Å²) < 4.78 is 6.92. The van der Waals surface area contributed by atoms with E-state index in [0.717, 1.165) is 35.7 Å². The maximum Gasteiger partial charge on any atom is 0.123 e. The van der Waals surface area contributed by atoms with Crippen LogP contribution in [0, 0.1) is 5.92 Å². The van der Waals surface area contributed by atoms with Gasteiger partial charge in [0.15, 0.2) is 0 Å². The van der Waals surface area contributed by atoms with Crippen molar-refractivity contribution in [3.63, 3.8) is 0 Å². The van der Waals surface area contributed by atoms with Crippen LogP contribution in [0.15, 0.2) is 22.7 Å². The van der Waals surface area contributed by atoms with Gasteiger partial charge in [-0.2, -0.15) is 0 Å². The Labute approximate surface area is 132 Å². The van der Waals surface area contributed by atoms with Gasteiger partial charge in [-0.25, -0.2) is 0 Å². The molecular formula is C17H28BrNO. The predicted molar refractivity (Wildman–Crippen MR) is 90.3 cm³/mol. The highest BCUT2D eigenvalue weighted by molar-refractivity contribution is 9.10. The average molecular weight is 342 g/mol. The van der Waals surface area contributed by atoms with Crippen molar-refractivity contribution >= 4 is 15.9 Å². The van der Waals surface area contributed by atoms with Gasteiger partial charge in [-0.15, -0.1) is 0 Å². The Bertz CT molecular complexity index is 393. The first-order valence-corrected chi connectivity index (χ1v) is 8.46. The van der Waals surface area contributed by atoms with E-state index in [2.05, 4.69) is 61.1 Å². The first kappa shape index (κ1) is 17.5. The van der Waals surface area contributed by atoms with Gasteiger partial charge in [-0.05, 0) is 50.3 Å². The van der Waals surface area contributed by atoms with Crippen LogP contribution in [0.1, 0.15) is 52.5 Å². The van der Waals surface area contributed by atoms with Crippen molar-refractivity contribution in [2.24, 2.45) is 5.92 Å². The van der Waals surface area contributed by atoms with Crippen molar-refractivity contribution in [3.05, 3.63) is 28.2 Å². The van der Waals surface area contributed by atoms with E-state index in [4.69, 9.17) is 4.74 Å². The first-order chi connectivity index (χ1) is 9.52. The monoisotopic (exact) mass is 341 g/mol. The Morgan fingerprint density at radius 1 is 1.20 bits per heavy atom. The summed E-state index contributed by atoms with van der Waals surface area (Å²) in [5.41, 5.74) is 1.23. The van der Waals surface area contributed by atoms with Gasteiger partial charge in [0.25, 0.3) is 0 Å². The second-order valence-corrected chi connectivity index (χ2v) is 6.77. The summed E-state index contributed by atoms with van der Waals surface area (Å²) >= 11 is 3.54. The minimum Gasteiger partial charge on any atom is -0.493 e. The molecule has 0 aliphatic carbocycles. The second-order valence-electron chi connectivity index (χ2n) is 5.85. The highest BCUT2D eigenvalue weighted by Crippen LogP contribution is 2.23. The fraction of sp³-hybridized carbons (Fsp3) is 0.647. The smallest absolute Gasteiger partial charge is 0.123 e. The Morgan fingerprint density at radius 2 is 1.95 bits per heavy atom. The minimum absolute atomic E-state index is 0.537. The third kappa shape index (κ3) is 6.76. The van der Waals surface area contributed by atoms with E-state index in [9.17, 15) is 0 Å². The lowest BCUT2D eigenvalue weighted by atomic mass is 10.0. The molecule has 0 bridgehead atoms. The minimum atomic E-state index is 0.537. The quantitative estimate of drug-likeness (QED) is 0.670. The molecule has 3 heteroatoms. The van der Waals surface area contributed by atoms with Gasteiger partial charge in [0.1, 0.15) is 5.75 Å². The molecule has 114 valence electrons. The van der Waals surface area contributed by atoms with Gasteiger partial charge in [-0.3, -0.25) is 0 Å². The van der Waals surface area contributed by atoms with Crippen LogP contribution < -0.4 is 10.1 Å². The molecule has 1 atom stereocenters. The van der Waals surface area contributed by atoms with Crippen molar-refractivity contribution in [1.82, 2.24) is 5.32 Å². The molecule has 0 spiro atoms. The summed E-state index contributed by atoms with van der Waals surface area (Å²) in [6, 6.07) is 6.77. The van der Waals surface area contributed by atoms with Gasteiger partial charge >= 0.3 is 0 Å². The molecule has 1 aromatic carbocycles. The molecule has 1 N–H and O–H groups in total. The number of hydrogen-bond acceptors (Lipinski definition) is 2. The van der Waals surface area contributed by atoms with E-state index in [0.29, 0.717) is 6.04 Å². The van der Waals surface area contributed by atoms with Crippen LogP contribution in [0.4, 0.5) is 0 Å². The molecule has 1 unspecified atom stereocenters. The van der Waals surface area contributed by atoms with Crippen molar-refractivity contribution in [3.8, 4) is 5.75 Å². The number of ether oxygens (including phenoxy) is 1. The maximum atomic E-state index is 5.81. The van der Waals surface area contributed by atoms with Crippen LogP contribution in [0.3, 0.4) is 0 Å². The Balaban J connectivity index is 2.54. The van der Waals surface area contributed by atoms with Crippen LogP contribution >= 0.6 is 15.9 Å². The van der Waals surface area contributed by atoms with Crippen molar-refractivity contribution in [2.45, 2.75) is 59.5 Å². The van der Waals surface area contributed by atoms with Crippen molar-refractivity contribution < 1.29 is 4.74 Å². The SMILES string of the molecule is CCCOc1ccc(Br)cc1CNC(C)CCC(C)C. The standard InChI is InChI=1S/C17H28BrNO/c1-5-10-20-17-9-8-16(18)11-15(17)12-19-14(4)7-6-13(2)3/h8-9,11,13-14,19H,5-7,10,12H2,1-4H3. The molecule has 2 nitrogen and oxygen atoms in total. The van der Waals surface area contributed by atoms with E-state index in [1.165, 1.54) is 18.4 Å². The van der Waals surface area contributed by atoms with Crippen LogP contribution in [-0.2, 0) is 6.54 Å². The lowest BCUT2D eigenvalue weighted by molar-refractivity contribution is 0.312. The Morgan fingerprint density at radius 3 is 2.60 bits per heavy atom. The fourth-order valence-electron chi connectivity index (χ4n) is 2.01. The topological polar surface area (TPSA) is 21.3 Å². The number of halogens is 1. The zero-order chi connectivity index (χ0) is 15.0. The maximum absolute atomic E-state index is 5.81. The number of hydrogen-bond donors (Lipinski definition) is 1. The van der Waals surface area contributed by atoms with Crippen LogP contribution in [0.25, 0.3) is 0 Å². The van der Waals surface area contributed by atoms with Gasteiger partial charge in [0, 0.05) is 22.6 Å². The molecular weight excluding hydrogens is 314 g/mol. The lowest BCUT2D eigenvalue weighted by Crippen LogP contribution is -2.26. The molecule has 0 fully saturated rings. The second kappa shape index (κ2) is 9.41. The van der Waals surface area contributed by atoms with Crippen molar-refractivity contribution in [2.75, 3.05) is 6.61 Å². The molecule has 0 radical (unpaired) electrons. The Kier molecular flexibility index (Phi) is 8.24. The fourth-order valence-corrected chi connectivity index (χ4v) is 2.42. The molecule has 0 aliphatic heterocycles. The molecule has 20 heavy (non-hydrogen) atoms. The largest absolute Gasteiger partial charge is 0.493 e. The molecule has 0 heterocycles. The van der Waals surface area contributed by atoms with Gasteiger partial charge < -0.3 is 10.1 Å². The zero-order valence-corrected chi connectivity index (χ0v) is 14.8. The third-order valence-electron chi connectivity index (χ3n) is 3.30. The number of rotatable bonds is 9. The molecule has 0 saturated carbocycles. The number of benzene rings is 1. The molecule has 0 saturated heterocycles. The van der Waals surface area contributed by atoms with Crippen LogP contribution in [-0.4, -0.2) is 12.6 Å². The highest BCUT2D eigenvalue weighted by Gasteiger charge is 2.08. The summed E-state index contributed by atoms with van der Waals surface area (Å²) in [5.74, 6) is 1.77. The van der Waals surface area contributed by atoms with E-state index >= 15 is 0 Å². The zero-order valence-electron chi connectivity index (χ0n) is 13.2. The molecule has 0 amide bonds. The van der Waals surface area contributed by atoms with Gasteiger partial charge in [-0.1, -0.05) is 36.7 Å². The first-order valence-electron chi connectivity index (χ1n) is 7.67. The van der Waals surface area contributed by atoms with Crippen molar-refractivity contribution in [1.29, 1.82) is 0 Å². The van der Waals surface area contributed by atoms with E-state index in [1.54, 1.807) is 0 Å². The molecule has 0 aliphatic rings. The summed E-state index contributed by atoms with van der Waals surface area (Å²) in [6.45, 7) is 10.6. The highest BCUT2D eigenvalue weighted by atomic mass is 79.9. The predicted octanol–water partition coefficient (Wildman–Crippen LogP) is 5.15. The summed E-state index contributed by atoms with van der Waals surface area (Å²) in [5, 5.41) is 3.60. The van der Waals surface area contributed by atoms with Gasteiger partial charge in [0.05, 0.1) is 6.61 Å². The normalized spacial score (nSPS) is 12.7.